The zero-order chi connectivity index (χ0) is 10.1. The third kappa shape index (κ3) is 2.65. The molecule has 0 radical (unpaired) electrons. The van der Waals surface area contributed by atoms with Crippen molar-refractivity contribution < 1.29 is 8.42 Å². The van der Waals surface area contributed by atoms with Crippen LogP contribution in [0.4, 0.5) is 0 Å². The summed E-state index contributed by atoms with van der Waals surface area (Å²) in [6.07, 6.45) is 3.10. The fourth-order valence-corrected chi connectivity index (χ4v) is 3.03. The predicted octanol–water partition coefficient (Wildman–Crippen LogP) is 0.00520. The van der Waals surface area contributed by atoms with Gasteiger partial charge in [0.2, 0.25) is 10.0 Å². The minimum atomic E-state index is -3.06. The molecule has 4 nitrogen and oxygen atoms in total. The van der Waals surface area contributed by atoms with E-state index in [1.807, 2.05) is 0 Å². The van der Waals surface area contributed by atoms with E-state index in [1.165, 1.54) is 10.6 Å². The molecule has 1 heterocycles. The first-order valence-electron chi connectivity index (χ1n) is 4.62. The van der Waals surface area contributed by atoms with Crippen LogP contribution in [0, 0.1) is 5.92 Å². The molecule has 78 valence electrons. The Morgan fingerprint density at radius 3 is 2.62 bits per heavy atom. The molecule has 2 unspecified atom stereocenters. The molecule has 0 aromatic carbocycles. The van der Waals surface area contributed by atoms with E-state index in [0.717, 1.165) is 12.8 Å². The molecule has 0 amide bonds. The number of rotatable bonds is 2. The van der Waals surface area contributed by atoms with Crippen molar-refractivity contribution in [1.82, 2.24) is 4.31 Å². The Balaban J connectivity index is 2.74. The molecule has 0 bridgehead atoms. The van der Waals surface area contributed by atoms with Gasteiger partial charge in [-0.1, -0.05) is 6.92 Å². The second-order valence-corrected chi connectivity index (χ2v) is 5.83. The minimum Gasteiger partial charge on any atom is -0.329 e. The van der Waals surface area contributed by atoms with E-state index < -0.39 is 10.0 Å². The number of sulfonamides is 1. The summed E-state index contributed by atoms with van der Waals surface area (Å²) < 4.78 is 24.2. The van der Waals surface area contributed by atoms with Gasteiger partial charge in [-0.2, -0.15) is 4.31 Å². The molecule has 0 aromatic rings. The van der Waals surface area contributed by atoms with Gasteiger partial charge < -0.3 is 5.73 Å². The van der Waals surface area contributed by atoms with E-state index in [1.54, 1.807) is 0 Å². The largest absolute Gasteiger partial charge is 0.329 e. The van der Waals surface area contributed by atoms with Crippen molar-refractivity contribution in [2.45, 2.75) is 25.8 Å². The Hall–Kier alpha value is -0.130. The summed E-state index contributed by atoms with van der Waals surface area (Å²) >= 11 is 0. The normalized spacial score (nSPS) is 31.9. The van der Waals surface area contributed by atoms with Crippen molar-refractivity contribution >= 4 is 10.0 Å². The zero-order valence-corrected chi connectivity index (χ0v) is 9.05. The first-order valence-corrected chi connectivity index (χ1v) is 6.47. The van der Waals surface area contributed by atoms with E-state index in [4.69, 9.17) is 5.73 Å². The monoisotopic (exact) mass is 206 g/mol. The molecular formula is C8H18N2O2S. The zero-order valence-electron chi connectivity index (χ0n) is 8.23. The fraction of sp³-hybridized carbons (Fsp3) is 1.00. The number of nitrogens with zero attached hydrogens (tertiary/aromatic N) is 1. The molecule has 5 heteroatoms. The van der Waals surface area contributed by atoms with Crippen LogP contribution in [0.3, 0.4) is 0 Å². The van der Waals surface area contributed by atoms with Crippen LogP contribution >= 0.6 is 0 Å². The molecule has 2 atom stereocenters. The van der Waals surface area contributed by atoms with Gasteiger partial charge in [0.1, 0.15) is 0 Å². The lowest BCUT2D eigenvalue weighted by molar-refractivity contribution is 0.212. The molecule has 0 aromatic heterocycles. The van der Waals surface area contributed by atoms with Gasteiger partial charge in [-0.15, -0.1) is 0 Å². The van der Waals surface area contributed by atoms with Gasteiger partial charge in [0.25, 0.3) is 0 Å². The summed E-state index contributed by atoms with van der Waals surface area (Å²) in [5.74, 6) is 0.589. The lowest BCUT2D eigenvalue weighted by Crippen LogP contribution is -2.48. The van der Waals surface area contributed by atoms with Crippen molar-refractivity contribution in [2.24, 2.45) is 11.7 Å². The van der Waals surface area contributed by atoms with E-state index in [2.05, 4.69) is 6.92 Å². The Kier molecular flexibility index (Phi) is 3.32. The molecule has 0 saturated carbocycles. The Bertz CT molecular complexity index is 263. The van der Waals surface area contributed by atoms with E-state index in [0.29, 0.717) is 19.0 Å². The Morgan fingerprint density at radius 2 is 2.15 bits per heavy atom. The highest BCUT2D eigenvalue weighted by Gasteiger charge is 2.30. The van der Waals surface area contributed by atoms with Crippen LogP contribution in [0.1, 0.15) is 19.8 Å². The first-order chi connectivity index (χ1) is 5.95. The molecule has 0 aliphatic carbocycles. The quantitative estimate of drug-likeness (QED) is 0.692. The van der Waals surface area contributed by atoms with E-state index in [-0.39, 0.29) is 6.04 Å². The molecule has 1 aliphatic heterocycles. The average molecular weight is 206 g/mol. The van der Waals surface area contributed by atoms with Crippen LogP contribution in [0.15, 0.2) is 0 Å². The minimum absolute atomic E-state index is 0.0127. The van der Waals surface area contributed by atoms with Crippen molar-refractivity contribution in [3.63, 3.8) is 0 Å². The van der Waals surface area contributed by atoms with Gasteiger partial charge >= 0.3 is 0 Å². The smallest absolute Gasteiger partial charge is 0.211 e. The maximum atomic E-state index is 11.3. The maximum Gasteiger partial charge on any atom is 0.211 e. The number of hydrogen-bond donors (Lipinski definition) is 1. The Labute approximate surface area is 80.1 Å². The van der Waals surface area contributed by atoms with Crippen molar-refractivity contribution in [3.8, 4) is 0 Å². The highest BCUT2D eigenvalue weighted by molar-refractivity contribution is 7.88. The first kappa shape index (κ1) is 10.9. The topological polar surface area (TPSA) is 63.4 Å². The summed E-state index contributed by atoms with van der Waals surface area (Å²) in [5, 5.41) is 0. The van der Waals surface area contributed by atoms with Crippen LogP contribution in [-0.2, 0) is 10.0 Å². The molecule has 13 heavy (non-hydrogen) atoms. The highest BCUT2D eigenvalue weighted by atomic mass is 32.2. The second-order valence-electron chi connectivity index (χ2n) is 3.89. The van der Waals surface area contributed by atoms with Gasteiger partial charge in [-0.25, -0.2) is 8.42 Å². The van der Waals surface area contributed by atoms with Gasteiger partial charge in [-0.3, -0.25) is 0 Å². The van der Waals surface area contributed by atoms with Gasteiger partial charge in [0.15, 0.2) is 0 Å². The van der Waals surface area contributed by atoms with Crippen molar-refractivity contribution in [1.29, 1.82) is 0 Å². The third-order valence-corrected chi connectivity index (χ3v) is 3.95. The van der Waals surface area contributed by atoms with Crippen LogP contribution in [0.5, 0.6) is 0 Å². The lowest BCUT2D eigenvalue weighted by atomic mass is 9.94. The molecule has 1 saturated heterocycles. The van der Waals surface area contributed by atoms with Gasteiger partial charge in [0, 0.05) is 19.1 Å². The van der Waals surface area contributed by atoms with Crippen LogP contribution in [0.25, 0.3) is 0 Å². The highest BCUT2D eigenvalue weighted by Crippen LogP contribution is 2.23. The van der Waals surface area contributed by atoms with Crippen molar-refractivity contribution in [2.75, 3.05) is 19.3 Å². The summed E-state index contributed by atoms with van der Waals surface area (Å²) in [6, 6.07) is 0.0127. The molecule has 2 N–H and O–H groups in total. The van der Waals surface area contributed by atoms with Crippen LogP contribution in [0.2, 0.25) is 0 Å². The molecular weight excluding hydrogens is 188 g/mol. The standard InChI is InChI=1S/C8H18N2O2S/c1-7-3-4-10(13(2,11)12)8(5-7)6-9/h7-8H,3-6,9H2,1-2H3. The molecule has 1 rings (SSSR count). The number of piperidine rings is 1. The third-order valence-electron chi connectivity index (χ3n) is 2.62. The summed E-state index contributed by atoms with van der Waals surface area (Å²) in [7, 11) is -3.06. The molecule has 1 fully saturated rings. The second kappa shape index (κ2) is 3.94. The fourth-order valence-electron chi connectivity index (χ4n) is 1.88. The lowest BCUT2D eigenvalue weighted by Gasteiger charge is -2.35. The van der Waals surface area contributed by atoms with Gasteiger partial charge in [-0.05, 0) is 18.8 Å². The van der Waals surface area contributed by atoms with Crippen LogP contribution < -0.4 is 5.73 Å². The van der Waals surface area contributed by atoms with Crippen LogP contribution in [-0.4, -0.2) is 38.1 Å². The number of hydrogen-bond acceptors (Lipinski definition) is 3. The average Bonchev–Trinajstić information content (AvgIpc) is 2.01. The number of nitrogens with two attached hydrogens (primary N) is 1. The Morgan fingerprint density at radius 1 is 1.54 bits per heavy atom. The molecule has 0 spiro atoms. The maximum absolute atomic E-state index is 11.3. The van der Waals surface area contributed by atoms with Crippen molar-refractivity contribution in [3.05, 3.63) is 0 Å². The molecule has 1 aliphatic rings. The summed E-state index contributed by atoms with van der Waals surface area (Å²) in [6.45, 7) is 3.20. The summed E-state index contributed by atoms with van der Waals surface area (Å²) in [4.78, 5) is 0. The van der Waals surface area contributed by atoms with E-state index >= 15 is 0 Å². The SMILES string of the molecule is CC1CCN(S(C)(=O)=O)C(CN)C1. The van der Waals surface area contributed by atoms with Gasteiger partial charge in [0.05, 0.1) is 6.26 Å². The summed E-state index contributed by atoms with van der Waals surface area (Å²) in [5.41, 5.74) is 5.55. The predicted molar refractivity (Wildman–Crippen MR) is 52.8 cm³/mol. The van der Waals surface area contributed by atoms with E-state index in [9.17, 15) is 8.42 Å².